The maximum Gasteiger partial charge on any atom is 0.325 e. The Morgan fingerprint density at radius 3 is 3.06 bits per heavy atom. The molecule has 1 saturated heterocycles. The number of methoxy groups -OCH3 is 1. The fraction of sp³-hybridized carbons (Fsp3) is 0.333. The predicted octanol–water partition coefficient (Wildman–Crippen LogP) is 0.00390. The van der Waals surface area contributed by atoms with Gasteiger partial charge in [0.1, 0.15) is 18.3 Å². The molecule has 0 bridgehead atoms. The summed E-state index contributed by atoms with van der Waals surface area (Å²) < 4.78 is 9.65. The van der Waals surface area contributed by atoms with Gasteiger partial charge in [0.25, 0.3) is 0 Å². The van der Waals surface area contributed by atoms with E-state index in [1.165, 1.54) is 12.0 Å². The van der Waals surface area contributed by atoms with Gasteiger partial charge < -0.3 is 19.8 Å². The monoisotopic (exact) mass is 250 g/mol. The molecule has 2 atom stereocenters. The van der Waals surface area contributed by atoms with Gasteiger partial charge in [0.2, 0.25) is 5.91 Å². The number of β-lactam (4-membered cyclic amide) rings is 1. The molecule has 1 unspecified atom stereocenters. The SMILES string of the molecule is COC(=O)CN1C(=O)[C@H](N)C1/C=C/c1ccco1. The van der Waals surface area contributed by atoms with E-state index in [-0.39, 0.29) is 18.5 Å². The highest BCUT2D eigenvalue weighted by Crippen LogP contribution is 2.20. The largest absolute Gasteiger partial charge is 0.468 e. The van der Waals surface area contributed by atoms with Gasteiger partial charge in [0.05, 0.1) is 19.4 Å². The first-order valence-corrected chi connectivity index (χ1v) is 5.48. The van der Waals surface area contributed by atoms with Gasteiger partial charge >= 0.3 is 5.97 Å². The second-order valence-electron chi connectivity index (χ2n) is 3.93. The van der Waals surface area contributed by atoms with Gasteiger partial charge in [0.15, 0.2) is 0 Å². The lowest BCUT2D eigenvalue weighted by molar-refractivity contribution is -0.156. The zero-order valence-corrected chi connectivity index (χ0v) is 9.91. The average Bonchev–Trinajstić information content (AvgIpc) is 2.89. The van der Waals surface area contributed by atoms with Crippen LogP contribution in [-0.4, -0.2) is 42.5 Å². The van der Waals surface area contributed by atoms with Crippen molar-refractivity contribution in [3.05, 3.63) is 30.2 Å². The lowest BCUT2D eigenvalue weighted by Crippen LogP contribution is -2.68. The zero-order valence-electron chi connectivity index (χ0n) is 9.91. The van der Waals surface area contributed by atoms with Gasteiger partial charge in [-0.25, -0.2) is 0 Å². The maximum atomic E-state index is 11.5. The summed E-state index contributed by atoms with van der Waals surface area (Å²) >= 11 is 0. The molecule has 0 spiro atoms. The molecule has 0 aromatic carbocycles. The average molecular weight is 250 g/mol. The van der Waals surface area contributed by atoms with Crippen molar-refractivity contribution in [3.63, 3.8) is 0 Å². The summed E-state index contributed by atoms with van der Waals surface area (Å²) in [6, 6.07) is 2.63. The quantitative estimate of drug-likeness (QED) is 0.600. The molecule has 6 heteroatoms. The molecule has 2 heterocycles. The Kier molecular flexibility index (Phi) is 3.47. The fourth-order valence-corrected chi connectivity index (χ4v) is 1.79. The Morgan fingerprint density at radius 1 is 1.67 bits per heavy atom. The highest BCUT2D eigenvalue weighted by atomic mass is 16.5. The van der Waals surface area contributed by atoms with Gasteiger partial charge in [-0.15, -0.1) is 0 Å². The number of carbonyl (C=O) groups excluding carboxylic acids is 2. The van der Waals surface area contributed by atoms with Crippen LogP contribution in [0, 0.1) is 0 Å². The molecule has 1 aromatic rings. The van der Waals surface area contributed by atoms with E-state index in [0.29, 0.717) is 5.76 Å². The molecule has 0 saturated carbocycles. The molecule has 2 rings (SSSR count). The Bertz CT molecular complexity index is 466. The number of hydrogen-bond donors (Lipinski definition) is 1. The number of esters is 1. The number of ether oxygens (including phenoxy) is 1. The molecule has 0 aliphatic carbocycles. The zero-order chi connectivity index (χ0) is 13.1. The van der Waals surface area contributed by atoms with E-state index < -0.39 is 12.0 Å². The van der Waals surface area contributed by atoms with Crippen molar-refractivity contribution in [2.75, 3.05) is 13.7 Å². The Morgan fingerprint density at radius 2 is 2.44 bits per heavy atom. The molecular weight excluding hydrogens is 236 g/mol. The predicted molar refractivity (Wildman–Crippen MR) is 63.2 cm³/mol. The lowest BCUT2D eigenvalue weighted by Gasteiger charge is -2.43. The van der Waals surface area contributed by atoms with Crippen molar-refractivity contribution in [2.45, 2.75) is 12.1 Å². The number of nitrogens with zero attached hydrogens (tertiary/aromatic N) is 1. The standard InChI is InChI=1S/C12H14N2O4/c1-17-10(15)7-14-9(11(13)12(14)16)5-4-8-3-2-6-18-8/h2-6,9,11H,7,13H2,1H3/b5-4+/t9?,11-/m1/s1. The second-order valence-corrected chi connectivity index (χ2v) is 3.93. The maximum absolute atomic E-state index is 11.5. The third-order valence-corrected chi connectivity index (χ3v) is 2.82. The van der Waals surface area contributed by atoms with Crippen LogP contribution >= 0.6 is 0 Å². The van der Waals surface area contributed by atoms with Crippen LogP contribution in [0.25, 0.3) is 6.08 Å². The summed E-state index contributed by atoms with van der Waals surface area (Å²) in [5.74, 6) is -0.0549. The number of carbonyl (C=O) groups is 2. The number of furan rings is 1. The molecule has 1 aromatic heterocycles. The van der Waals surface area contributed by atoms with Crippen LogP contribution < -0.4 is 5.73 Å². The summed E-state index contributed by atoms with van der Waals surface area (Å²) in [4.78, 5) is 24.0. The smallest absolute Gasteiger partial charge is 0.325 e. The molecule has 96 valence electrons. The Hall–Kier alpha value is -2.08. The molecule has 6 nitrogen and oxygen atoms in total. The summed E-state index contributed by atoms with van der Waals surface area (Å²) in [5, 5.41) is 0. The van der Waals surface area contributed by atoms with Crippen molar-refractivity contribution in [1.29, 1.82) is 0 Å². The Balaban J connectivity index is 2.02. The molecule has 18 heavy (non-hydrogen) atoms. The third-order valence-electron chi connectivity index (χ3n) is 2.82. The summed E-state index contributed by atoms with van der Waals surface area (Å²) in [7, 11) is 1.28. The minimum absolute atomic E-state index is 0.0871. The van der Waals surface area contributed by atoms with Crippen LogP contribution in [0.1, 0.15) is 5.76 Å². The first kappa shape index (κ1) is 12.4. The van der Waals surface area contributed by atoms with E-state index in [4.69, 9.17) is 10.2 Å². The second kappa shape index (κ2) is 5.05. The van der Waals surface area contributed by atoms with Crippen molar-refractivity contribution >= 4 is 18.0 Å². The first-order valence-electron chi connectivity index (χ1n) is 5.48. The molecule has 1 aliphatic heterocycles. The number of rotatable bonds is 4. The summed E-state index contributed by atoms with van der Waals surface area (Å²) in [5.41, 5.74) is 5.69. The van der Waals surface area contributed by atoms with E-state index in [9.17, 15) is 9.59 Å². The highest BCUT2D eigenvalue weighted by Gasteiger charge is 2.44. The minimum atomic E-state index is -0.610. The number of nitrogens with two attached hydrogens (primary N) is 1. The molecule has 1 aliphatic rings. The molecular formula is C12H14N2O4. The van der Waals surface area contributed by atoms with Crippen LogP contribution in [0.4, 0.5) is 0 Å². The van der Waals surface area contributed by atoms with E-state index in [2.05, 4.69) is 4.74 Å². The number of hydrogen-bond acceptors (Lipinski definition) is 5. The van der Waals surface area contributed by atoms with Crippen LogP contribution in [0.15, 0.2) is 28.9 Å². The van der Waals surface area contributed by atoms with E-state index in [1.807, 2.05) is 0 Å². The number of amides is 1. The highest BCUT2D eigenvalue weighted by molar-refractivity contribution is 5.93. The summed E-state index contributed by atoms with van der Waals surface area (Å²) in [6.45, 7) is -0.0871. The Labute approximate surface area is 104 Å². The van der Waals surface area contributed by atoms with Crippen molar-refractivity contribution < 1.29 is 18.7 Å². The lowest BCUT2D eigenvalue weighted by atomic mass is 9.95. The van der Waals surface area contributed by atoms with Gasteiger partial charge in [-0.2, -0.15) is 0 Å². The van der Waals surface area contributed by atoms with Crippen molar-refractivity contribution in [2.24, 2.45) is 5.73 Å². The van der Waals surface area contributed by atoms with Crippen molar-refractivity contribution in [3.8, 4) is 0 Å². The van der Waals surface area contributed by atoms with E-state index in [1.54, 1.807) is 30.5 Å². The van der Waals surface area contributed by atoms with Gasteiger partial charge in [-0.3, -0.25) is 9.59 Å². The molecule has 1 fully saturated rings. The normalized spacial score (nSPS) is 23.2. The van der Waals surface area contributed by atoms with E-state index in [0.717, 1.165) is 0 Å². The van der Waals surface area contributed by atoms with Crippen molar-refractivity contribution in [1.82, 2.24) is 4.90 Å². The van der Waals surface area contributed by atoms with Crippen LogP contribution in [0.2, 0.25) is 0 Å². The molecule has 2 N–H and O–H groups in total. The first-order chi connectivity index (χ1) is 8.63. The van der Waals surface area contributed by atoms with Gasteiger partial charge in [-0.05, 0) is 18.2 Å². The summed E-state index contributed by atoms with van der Waals surface area (Å²) in [6.07, 6.45) is 5.02. The van der Waals surface area contributed by atoms with E-state index >= 15 is 0 Å². The molecule has 1 amide bonds. The van der Waals surface area contributed by atoms with Gasteiger partial charge in [-0.1, -0.05) is 6.08 Å². The van der Waals surface area contributed by atoms with Gasteiger partial charge in [0, 0.05) is 0 Å². The third kappa shape index (κ3) is 2.28. The van der Waals surface area contributed by atoms with Crippen LogP contribution in [0.5, 0.6) is 0 Å². The number of likely N-dealkylation sites (tertiary alicyclic amines) is 1. The topological polar surface area (TPSA) is 85.8 Å². The fourth-order valence-electron chi connectivity index (χ4n) is 1.79. The van der Waals surface area contributed by atoms with Crippen LogP contribution in [-0.2, 0) is 14.3 Å². The van der Waals surface area contributed by atoms with Crippen LogP contribution in [0.3, 0.4) is 0 Å². The minimum Gasteiger partial charge on any atom is -0.468 e. The molecule has 0 radical (unpaired) electrons.